The van der Waals surface area contributed by atoms with Gasteiger partial charge in [0.1, 0.15) is 11.4 Å². The lowest BCUT2D eigenvalue weighted by Crippen LogP contribution is -2.16. The number of aromatic nitrogens is 3. The quantitative estimate of drug-likeness (QED) is 0.528. The first kappa shape index (κ1) is 16.8. The molecule has 2 aromatic heterocycles. The van der Waals surface area contributed by atoms with Crippen molar-refractivity contribution >= 4 is 40.1 Å². The van der Waals surface area contributed by atoms with Crippen molar-refractivity contribution in [2.24, 2.45) is 7.05 Å². The van der Waals surface area contributed by atoms with Crippen molar-refractivity contribution in [2.75, 3.05) is 11.1 Å². The summed E-state index contributed by atoms with van der Waals surface area (Å²) in [6, 6.07) is 7.25. The molecule has 2 heterocycles. The lowest BCUT2D eigenvalue weighted by molar-refractivity contribution is -0.113. The fraction of sp³-hybridized carbons (Fsp3) is 0.333. The molecule has 1 N–H and O–H groups in total. The van der Waals surface area contributed by atoms with Crippen molar-refractivity contribution in [1.82, 2.24) is 14.8 Å². The minimum absolute atomic E-state index is 0.166. The zero-order valence-electron chi connectivity index (χ0n) is 14.5. The predicted molar refractivity (Wildman–Crippen MR) is 98.6 cm³/mol. The second-order valence-electron chi connectivity index (χ2n) is 6.37. The number of Topliss-reactive ketones (excluding diaryl/α,β-unsaturated/α-hetero) is 1. The van der Waals surface area contributed by atoms with Gasteiger partial charge in [-0.25, -0.2) is 0 Å². The van der Waals surface area contributed by atoms with Crippen LogP contribution >= 0.6 is 11.8 Å². The lowest BCUT2D eigenvalue weighted by Gasteiger charge is -2.05. The summed E-state index contributed by atoms with van der Waals surface area (Å²) in [5.41, 5.74) is 0.998. The molecule has 0 unspecified atom stereocenters. The highest BCUT2D eigenvalue weighted by atomic mass is 32.2. The number of hydrogen-bond acceptors (Lipinski definition) is 6. The van der Waals surface area contributed by atoms with E-state index >= 15 is 0 Å². The Hall–Kier alpha value is -2.61. The van der Waals surface area contributed by atoms with E-state index in [-0.39, 0.29) is 23.2 Å². The molecule has 7 nitrogen and oxygen atoms in total. The Morgan fingerprint density at radius 2 is 2.08 bits per heavy atom. The largest absolute Gasteiger partial charge is 0.451 e. The van der Waals surface area contributed by atoms with Gasteiger partial charge < -0.3 is 14.3 Å². The zero-order valence-corrected chi connectivity index (χ0v) is 15.3. The van der Waals surface area contributed by atoms with E-state index in [0.717, 1.165) is 18.7 Å². The Morgan fingerprint density at radius 3 is 2.81 bits per heavy atom. The molecule has 1 amide bonds. The molecule has 4 rings (SSSR count). The van der Waals surface area contributed by atoms with Crippen LogP contribution in [0.1, 0.15) is 42.1 Å². The molecule has 1 aromatic carbocycles. The van der Waals surface area contributed by atoms with Crippen molar-refractivity contribution in [3.8, 4) is 0 Å². The summed E-state index contributed by atoms with van der Waals surface area (Å²) in [5.74, 6) is 1.37. The van der Waals surface area contributed by atoms with E-state index < -0.39 is 0 Å². The van der Waals surface area contributed by atoms with Crippen LogP contribution in [0.4, 0.5) is 5.69 Å². The molecule has 0 spiro atoms. The Bertz CT molecular complexity index is 1000. The monoisotopic (exact) mass is 370 g/mol. The highest BCUT2D eigenvalue weighted by Gasteiger charge is 2.29. The number of ketones is 1. The number of benzene rings is 1. The van der Waals surface area contributed by atoms with Crippen LogP contribution in [0.5, 0.6) is 0 Å². The Balaban J connectivity index is 1.49. The van der Waals surface area contributed by atoms with Gasteiger partial charge in [0.2, 0.25) is 5.91 Å². The molecule has 1 aliphatic carbocycles. The van der Waals surface area contributed by atoms with Gasteiger partial charge in [0.15, 0.2) is 16.7 Å². The first-order valence-corrected chi connectivity index (χ1v) is 9.37. The van der Waals surface area contributed by atoms with Crippen LogP contribution in [0.2, 0.25) is 0 Å². The number of furan rings is 1. The maximum absolute atomic E-state index is 12.4. The molecular formula is C18H18N4O3S. The number of carbonyl (C=O) groups is 2. The van der Waals surface area contributed by atoms with Gasteiger partial charge in [-0.15, -0.1) is 10.2 Å². The summed E-state index contributed by atoms with van der Waals surface area (Å²) in [6.45, 7) is 1.42. The van der Waals surface area contributed by atoms with Crippen LogP contribution in [0.3, 0.4) is 0 Å². The second kappa shape index (κ2) is 6.60. The molecule has 3 aromatic rings. The first-order valence-electron chi connectivity index (χ1n) is 8.39. The maximum atomic E-state index is 12.4. The predicted octanol–water partition coefficient (Wildman–Crippen LogP) is 3.37. The van der Waals surface area contributed by atoms with Gasteiger partial charge in [-0.3, -0.25) is 9.59 Å². The third kappa shape index (κ3) is 3.12. The molecule has 1 fully saturated rings. The van der Waals surface area contributed by atoms with Gasteiger partial charge in [-0.05, 0) is 25.0 Å². The van der Waals surface area contributed by atoms with Crippen LogP contribution in [0.15, 0.2) is 33.8 Å². The van der Waals surface area contributed by atoms with E-state index in [1.54, 1.807) is 6.07 Å². The summed E-state index contributed by atoms with van der Waals surface area (Å²) >= 11 is 1.32. The summed E-state index contributed by atoms with van der Waals surface area (Å²) in [7, 11) is 1.92. The van der Waals surface area contributed by atoms with E-state index in [9.17, 15) is 9.59 Å². The summed E-state index contributed by atoms with van der Waals surface area (Å²) in [5, 5.41) is 12.6. The smallest absolute Gasteiger partial charge is 0.234 e. The van der Waals surface area contributed by atoms with Crippen LogP contribution < -0.4 is 5.32 Å². The van der Waals surface area contributed by atoms with Crippen LogP contribution in [-0.2, 0) is 11.8 Å². The topological polar surface area (TPSA) is 90.0 Å². The van der Waals surface area contributed by atoms with Gasteiger partial charge in [-0.2, -0.15) is 0 Å². The van der Waals surface area contributed by atoms with Crippen molar-refractivity contribution < 1.29 is 14.0 Å². The van der Waals surface area contributed by atoms with Crippen LogP contribution in [-0.4, -0.2) is 32.2 Å². The van der Waals surface area contributed by atoms with E-state index in [4.69, 9.17) is 4.42 Å². The van der Waals surface area contributed by atoms with E-state index in [2.05, 4.69) is 15.5 Å². The van der Waals surface area contributed by atoms with Gasteiger partial charge in [-0.1, -0.05) is 23.9 Å². The normalized spacial score (nSPS) is 13.9. The number of nitrogens with one attached hydrogen (secondary N) is 1. The maximum Gasteiger partial charge on any atom is 0.234 e. The molecular weight excluding hydrogens is 352 g/mol. The number of thioether (sulfide) groups is 1. The number of hydrogen-bond donors (Lipinski definition) is 1. The number of amides is 1. The van der Waals surface area contributed by atoms with E-state index in [0.29, 0.717) is 27.7 Å². The number of fused-ring (bicyclic) bond motifs is 1. The van der Waals surface area contributed by atoms with Gasteiger partial charge >= 0.3 is 0 Å². The molecule has 0 radical (unpaired) electrons. The summed E-state index contributed by atoms with van der Waals surface area (Å²) in [6.07, 6.45) is 2.30. The van der Waals surface area contributed by atoms with Gasteiger partial charge in [0.05, 0.1) is 11.4 Å². The first-order chi connectivity index (χ1) is 12.5. The van der Waals surface area contributed by atoms with E-state index in [1.165, 1.54) is 18.7 Å². The Kier molecular flexibility index (Phi) is 4.28. The highest BCUT2D eigenvalue weighted by Crippen LogP contribution is 2.39. The molecule has 0 atom stereocenters. The standard InChI is InChI=1S/C18H18N4O3S/c1-10(23)16-15(12-5-3-4-6-13(12)25-16)19-14(24)9-26-18-21-20-17(22(18)2)11-7-8-11/h3-6,11H,7-9H2,1-2H3,(H,19,24). The highest BCUT2D eigenvalue weighted by molar-refractivity contribution is 7.99. The lowest BCUT2D eigenvalue weighted by atomic mass is 10.2. The molecule has 0 bridgehead atoms. The minimum Gasteiger partial charge on any atom is -0.451 e. The second-order valence-corrected chi connectivity index (χ2v) is 7.31. The third-order valence-corrected chi connectivity index (χ3v) is 5.34. The van der Waals surface area contributed by atoms with Crippen molar-refractivity contribution in [2.45, 2.75) is 30.8 Å². The fourth-order valence-electron chi connectivity index (χ4n) is 2.87. The fourth-order valence-corrected chi connectivity index (χ4v) is 3.59. The third-order valence-electron chi connectivity index (χ3n) is 4.32. The average Bonchev–Trinajstić information content (AvgIpc) is 3.30. The number of carbonyl (C=O) groups excluding carboxylic acids is 2. The van der Waals surface area contributed by atoms with Crippen molar-refractivity contribution in [3.63, 3.8) is 0 Å². The molecule has 0 saturated heterocycles. The minimum atomic E-state index is -0.230. The average molecular weight is 370 g/mol. The van der Waals surface area contributed by atoms with Crippen LogP contribution in [0, 0.1) is 0 Å². The molecule has 1 aliphatic rings. The Morgan fingerprint density at radius 1 is 1.31 bits per heavy atom. The number of anilines is 1. The van der Waals surface area contributed by atoms with E-state index in [1.807, 2.05) is 29.8 Å². The summed E-state index contributed by atoms with van der Waals surface area (Å²) in [4.78, 5) is 24.3. The number of rotatable bonds is 6. The Labute approximate surface area is 154 Å². The molecule has 0 aliphatic heterocycles. The van der Waals surface area contributed by atoms with Crippen LogP contribution in [0.25, 0.3) is 11.0 Å². The number of para-hydroxylation sites is 1. The van der Waals surface area contributed by atoms with Gasteiger partial charge in [0, 0.05) is 25.3 Å². The van der Waals surface area contributed by atoms with Crippen molar-refractivity contribution in [1.29, 1.82) is 0 Å². The molecule has 1 saturated carbocycles. The zero-order chi connectivity index (χ0) is 18.3. The van der Waals surface area contributed by atoms with Crippen molar-refractivity contribution in [3.05, 3.63) is 35.9 Å². The van der Waals surface area contributed by atoms with Gasteiger partial charge in [0.25, 0.3) is 0 Å². The molecule has 134 valence electrons. The molecule has 26 heavy (non-hydrogen) atoms. The SMILES string of the molecule is CC(=O)c1oc2ccccc2c1NC(=O)CSc1nnc(C2CC2)n1C. The number of nitrogens with zero attached hydrogens (tertiary/aromatic N) is 3. The summed E-state index contributed by atoms with van der Waals surface area (Å²) < 4.78 is 7.53. The molecule has 8 heteroatoms.